The molecule has 1 fully saturated rings. The van der Waals surface area contributed by atoms with Gasteiger partial charge in [0.15, 0.2) is 0 Å². The van der Waals surface area contributed by atoms with Gasteiger partial charge in [-0.15, -0.1) is 0 Å². The van der Waals surface area contributed by atoms with Gasteiger partial charge in [-0.25, -0.2) is 0 Å². The molecule has 1 saturated carbocycles. The number of hydrogen-bond donors (Lipinski definition) is 0. The first-order valence-electron chi connectivity index (χ1n) is 7.24. The van der Waals surface area contributed by atoms with Crippen molar-refractivity contribution in [3.63, 3.8) is 0 Å². The minimum Gasteiger partial charge on any atom is -0.0839 e. The molecule has 100 valence electrons. The zero-order valence-electron chi connectivity index (χ0n) is 10.9. The Morgan fingerprint density at radius 1 is 1.11 bits per heavy atom. The highest BCUT2D eigenvalue weighted by atomic mass is 79.9. The summed E-state index contributed by atoms with van der Waals surface area (Å²) in [6.07, 6.45) is 18.3. The van der Waals surface area contributed by atoms with Crippen LogP contribution in [0.15, 0.2) is 47.1 Å². The maximum absolute atomic E-state index is 3.93. The molecule has 0 N–H and O–H groups in total. The van der Waals surface area contributed by atoms with E-state index in [4.69, 9.17) is 0 Å². The highest BCUT2D eigenvalue weighted by Gasteiger charge is 2.56. The molecule has 4 unspecified atom stereocenters. The van der Waals surface area contributed by atoms with E-state index in [1.165, 1.54) is 37.7 Å². The van der Waals surface area contributed by atoms with Gasteiger partial charge in [-0.05, 0) is 38.0 Å². The van der Waals surface area contributed by atoms with Crippen LogP contribution in [-0.4, -0.2) is 9.65 Å². The third-order valence-corrected chi connectivity index (χ3v) is 7.30. The summed E-state index contributed by atoms with van der Waals surface area (Å²) >= 11 is 7.80. The summed E-state index contributed by atoms with van der Waals surface area (Å²) in [5.74, 6) is 0.839. The highest BCUT2D eigenvalue weighted by molar-refractivity contribution is 9.09. The maximum atomic E-state index is 3.93. The molecule has 1 spiro atoms. The van der Waals surface area contributed by atoms with E-state index in [0.717, 1.165) is 5.92 Å². The van der Waals surface area contributed by atoms with Crippen LogP contribution < -0.4 is 0 Å². The lowest BCUT2D eigenvalue weighted by atomic mass is 9.84. The second-order valence-corrected chi connectivity index (χ2v) is 8.52. The summed E-state index contributed by atoms with van der Waals surface area (Å²) in [6, 6.07) is 0. The quantitative estimate of drug-likeness (QED) is 0.489. The Morgan fingerprint density at radius 2 is 2.00 bits per heavy atom. The molecule has 0 aromatic rings. The molecule has 4 bridgehead atoms. The van der Waals surface area contributed by atoms with Crippen molar-refractivity contribution in [1.29, 1.82) is 0 Å². The molecule has 7 aliphatic rings. The molecule has 0 radical (unpaired) electrons. The topological polar surface area (TPSA) is 0 Å². The summed E-state index contributed by atoms with van der Waals surface area (Å²) in [7, 11) is 0. The zero-order chi connectivity index (χ0) is 13.0. The molecule has 2 heteroatoms. The Morgan fingerprint density at radius 3 is 2.79 bits per heavy atom. The lowest BCUT2D eigenvalue weighted by molar-refractivity contribution is 0.568. The fraction of sp³-hybridized carbons (Fsp3) is 0.529. The van der Waals surface area contributed by atoms with Gasteiger partial charge in [-0.2, -0.15) is 0 Å². The van der Waals surface area contributed by atoms with Crippen LogP contribution in [0.2, 0.25) is 0 Å². The highest BCUT2D eigenvalue weighted by Crippen LogP contribution is 2.63. The lowest BCUT2D eigenvalue weighted by Crippen LogP contribution is -2.19. The third-order valence-electron chi connectivity index (χ3n) is 5.27. The summed E-state index contributed by atoms with van der Waals surface area (Å²) in [4.78, 5) is 1.13. The Hall–Kier alpha value is -0.0800. The molecule has 4 atom stereocenters. The molecule has 7 aliphatic carbocycles. The van der Waals surface area contributed by atoms with Gasteiger partial charge in [-0.1, -0.05) is 79.0 Å². The van der Waals surface area contributed by atoms with Crippen molar-refractivity contribution < 1.29 is 0 Å². The van der Waals surface area contributed by atoms with E-state index in [1.54, 1.807) is 11.1 Å². The van der Waals surface area contributed by atoms with Crippen molar-refractivity contribution in [2.45, 2.75) is 41.8 Å². The molecule has 0 aromatic carbocycles. The first-order chi connectivity index (χ1) is 9.17. The van der Waals surface area contributed by atoms with E-state index in [9.17, 15) is 0 Å². The average Bonchev–Trinajstić information content (AvgIpc) is 3.05. The Balaban J connectivity index is 1.71. The van der Waals surface area contributed by atoms with Crippen molar-refractivity contribution in [2.24, 2.45) is 11.3 Å². The number of allylic oxidation sites excluding steroid dienone is 8. The van der Waals surface area contributed by atoms with Crippen LogP contribution >= 0.6 is 31.9 Å². The number of rotatable bonds is 0. The molecule has 19 heavy (non-hydrogen) atoms. The van der Waals surface area contributed by atoms with Crippen molar-refractivity contribution in [3.8, 4) is 0 Å². The van der Waals surface area contributed by atoms with Crippen molar-refractivity contribution in [2.75, 3.05) is 0 Å². The van der Waals surface area contributed by atoms with Crippen LogP contribution in [0.3, 0.4) is 0 Å². The van der Waals surface area contributed by atoms with Crippen LogP contribution in [0.4, 0.5) is 0 Å². The molecular formula is C17H18Br2. The fourth-order valence-corrected chi connectivity index (χ4v) is 5.70. The summed E-state index contributed by atoms with van der Waals surface area (Å²) < 4.78 is 0. The average molecular weight is 382 g/mol. The standard InChI is InChI=1S/C17H18Br2/c18-15-8-12-2-4-13(15)3-1-11-5-6-17(16(19)9-11)10-14(17)7-12/h2,4-6,9,14-16H,1,3,7-8,10H2. The Bertz CT molecular complexity index is 537. The minimum atomic E-state index is 0.426. The lowest BCUT2D eigenvalue weighted by Gasteiger charge is -2.27. The number of alkyl halides is 2. The summed E-state index contributed by atoms with van der Waals surface area (Å²) in [6.45, 7) is 0. The van der Waals surface area contributed by atoms with Crippen LogP contribution in [-0.2, 0) is 0 Å². The van der Waals surface area contributed by atoms with Gasteiger partial charge in [-0.3, -0.25) is 0 Å². The zero-order valence-corrected chi connectivity index (χ0v) is 14.1. The van der Waals surface area contributed by atoms with Crippen molar-refractivity contribution >= 4 is 31.9 Å². The van der Waals surface area contributed by atoms with E-state index < -0.39 is 0 Å². The first-order valence-corrected chi connectivity index (χ1v) is 9.07. The Labute approximate surface area is 132 Å². The molecule has 0 aromatic heterocycles. The van der Waals surface area contributed by atoms with E-state index in [1.807, 2.05) is 0 Å². The van der Waals surface area contributed by atoms with Crippen molar-refractivity contribution in [1.82, 2.24) is 0 Å². The van der Waals surface area contributed by atoms with Gasteiger partial charge < -0.3 is 0 Å². The predicted octanol–water partition coefficient (Wildman–Crippen LogP) is 5.46. The van der Waals surface area contributed by atoms with Crippen LogP contribution in [0.5, 0.6) is 0 Å². The Kier molecular flexibility index (Phi) is 2.97. The monoisotopic (exact) mass is 380 g/mol. The van der Waals surface area contributed by atoms with Gasteiger partial charge in [0.05, 0.1) is 0 Å². The van der Waals surface area contributed by atoms with Crippen LogP contribution in [0, 0.1) is 11.3 Å². The minimum absolute atomic E-state index is 0.426. The SMILES string of the molecule is BrC1CC2=CC=C1CCC1=CC(Br)C3(C=C1)CC3C2. The maximum Gasteiger partial charge on any atom is 0.0424 e. The van der Waals surface area contributed by atoms with Gasteiger partial charge in [0.25, 0.3) is 0 Å². The molecular weight excluding hydrogens is 364 g/mol. The van der Waals surface area contributed by atoms with Gasteiger partial charge in [0.1, 0.15) is 0 Å². The first kappa shape index (κ1) is 12.6. The van der Waals surface area contributed by atoms with Crippen molar-refractivity contribution in [3.05, 3.63) is 47.1 Å². The fourth-order valence-electron chi connectivity index (χ4n) is 3.85. The second-order valence-electron chi connectivity index (χ2n) is 6.43. The van der Waals surface area contributed by atoms with E-state index >= 15 is 0 Å². The molecule has 0 nitrogen and oxygen atoms in total. The summed E-state index contributed by atoms with van der Waals surface area (Å²) in [5.41, 5.74) is 5.14. The smallest absolute Gasteiger partial charge is 0.0424 e. The normalized spacial score (nSPS) is 43.7. The predicted molar refractivity (Wildman–Crippen MR) is 87.8 cm³/mol. The molecule has 0 amide bonds. The van der Waals surface area contributed by atoms with Gasteiger partial charge >= 0.3 is 0 Å². The van der Waals surface area contributed by atoms with Gasteiger partial charge in [0.2, 0.25) is 0 Å². The second kappa shape index (κ2) is 4.46. The van der Waals surface area contributed by atoms with E-state index in [2.05, 4.69) is 62.2 Å². The van der Waals surface area contributed by atoms with Crippen LogP contribution in [0.1, 0.15) is 32.1 Å². The van der Waals surface area contributed by atoms with Gasteiger partial charge in [0, 0.05) is 15.1 Å². The molecule has 0 heterocycles. The number of hydrogen-bond acceptors (Lipinski definition) is 0. The molecule has 7 rings (SSSR count). The van der Waals surface area contributed by atoms with Crippen LogP contribution in [0.25, 0.3) is 0 Å². The molecule has 0 aliphatic heterocycles. The van der Waals surface area contributed by atoms with E-state index in [-0.39, 0.29) is 0 Å². The largest absolute Gasteiger partial charge is 0.0839 e. The number of halogens is 2. The third kappa shape index (κ3) is 2.06. The summed E-state index contributed by atoms with van der Waals surface area (Å²) in [5, 5.41) is 0. The van der Waals surface area contributed by atoms with E-state index in [0.29, 0.717) is 15.1 Å². The molecule has 0 saturated heterocycles.